The number of aliphatic hydroxyl groups is 1. The molecular weight excluding hydrogens is 363 g/mol. The van der Waals surface area contributed by atoms with Crippen molar-refractivity contribution in [2.75, 3.05) is 6.61 Å². The molecule has 0 spiro atoms. The third-order valence-electron chi connectivity index (χ3n) is 3.48. The topological polar surface area (TPSA) is 29.5 Å². The zero-order valence-corrected chi connectivity index (χ0v) is 16.2. The van der Waals surface area contributed by atoms with Gasteiger partial charge in [0.1, 0.15) is 0 Å². The zero-order chi connectivity index (χ0) is 17.4. The van der Waals surface area contributed by atoms with Gasteiger partial charge in [-0.15, -0.1) is 0 Å². The molecule has 0 aliphatic heterocycles. The number of hydrogen-bond acceptors (Lipinski definition) is 2. The molecule has 2 aromatic carbocycles. The van der Waals surface area contributed by atoms with Crippen molar-refractivity contribution in [3.05, 3.63) is 65.7 Å². The molecule has 0 aromatic heterocycles. The molecule has 1 atom stereocenters. The Morgan fingerprint density at radius 3 is 2.33 bits per heavy atom. The van der Waals surface area contributed by atoms with E-state index in [0.29, 0.717) is 11.9 Å². The standard InChI is InChI=1S/C21H24O2Se/c1-21(2,3)18-11-9-17(10-12-18)13-14-24-16-19(22)15-23-20-7-5-4-6-8-20/h4-12,19,22H,15-16H2,1-3H3. The first-order valence-corrected chi connectivity index (χ1v) is 10.1. The van der Waals surface area contributed by atoms with Crippen molar-refractivity contribution < 1.29 is 9.84 Å². The number of rotatable bonds is 5. The summed E-state index contributed by atoms with van der Waals surface area (Å²) >= 11 is 0.0855. The maximum absolute atomic E-state index is 9.96. The molecule has 0 amide bonds. The Kier molecular flexibility index (Phi) is 6.94. The van der Waals surface area contributed by atoms with E-state index in [2.05, 4.69) is 55.8 Å². The molecule has 1 N–H and O–H groups in total. The van der Waals surface area contributed by atoms with Crippen LogP contribution in [0, 0.1) is 10.7 Å². The quantitative estimate of drug-likeness (QED) is 0.624. The van der Waals surface area contributed by atoms with Gasteiger partial charge < -0.3 is 0 Å². The van der Waals surface area contributed by atoms with Gasteiger partial charge in [-0.3, -0.25) is 0 Å². The van der Waals surface area contributed by atoms with Crippen LogP contribution in [0.25, 0.3) is 0 Å². The molecular formula is C21H24O2Se. The first kappa shape index (κ1) is 18.6. The Morgan fingerprint density at radius 2 is 1.71 bits per heavy atom. The van der Waals surface area contributed by atoms with E-state index in [9.17, 15) is 5.11 Å². The summed E-state index contributed by atoms with van der Waals surface area (Å²) in [6, 6.07) is 18.0. The molecule has 0 aliphatic rings. The van der Waals surface area contributed by atoms with E-state index in [1.54, 1.807) is 0 Å². The molecule has 0 saturated heterocycles. The van der Waals surface area contributed by atoms with E-state index in [1.165, 1.54) is 5.56 Å². The fourth-order valence-corrected chi connectivity index (χ4v) is 3.22. The minimum atomic E-state index is -0.470. The molecule has 0 heterocycles. The van der Waals surface area contributed by atoms with Crippen LogP contribution >= 0.6 is 0 Å². The molecule has 126 valence electrons. The van der Waals surface area contributed by atoms with Gasteiger partial charge in [0, 0.05) is 0 Å². The van der Waals surface area contributed by atoms with Crippen LogP contribution in [-0.4, -0.2) is 32.8 Å². The van der Waals surface area contributed by atoms with Crippen LogP contribution in [-0.2, 0) is 5.41 Å². The molecule has 2 nitrogen and oxygen atoms in total. The summed E-state index contributed by atoms with van der Waals surface area (Å²) in [5.41, 5.74) is 2.51. The van der Waals surface area contributed by atoms with Crippen molar-refractivity contribution in [2.24, 2.45) is 0 Å². The molecule has 3 heteroatoms. The van der Waals surface area contributed by atoms with E-state index in [1.807, 2.05) is 30.3 Å². The van der Waals surface area contributed by atoms with Gasteiger partial charge in [0.2, 0.25) is 0 Å². The second-order valence-electron chi connectivity index (χ2n) is 6.64. The molecule has 0 saturated carbocycles. The SMILES string of the molecule is CC(C)(C)c1ccc(C#C[Se]CC(O)COc2ccccc2)cc1. The van der Waals surface area contributed by atoms with Gasteiger partial charge in [-0.25, -0.2) is 0 Å². The summed E-state index contributed by atoms with van der Waals surface area (Å²) in [7, 11) is 0. The van der Waals surface area contributed by atoms with Crippen LogP contribution in [0.1, 0.15) is 31.9 Å². The third kappa shape index (κ3) is 6.41. The van der Waals surface area contributed by atoms with Gasteiger partial charge >= 0.3 is 151 Å². The van der Waals surface area contributed by atoms with Crippen molar-refractivity contribution in [1.29, 1.82) is 0 Å². The van der Waals surface area contributed by atoms with E-state index >= 15 is 0 Å². The number of hydrogen-bond donors (Lipinski definition) is 1. The Morgan fingerprint density at radius 1 is 1.04 bits per heavy atom. The van der Waals surface area contributed by atoms with Crippen molar-refractivity contribution in [3.8, 4) is 16.5 Å². The fraction of sp³-hybridized carbons (Fsp3) is 0.333. The van der Waals surface area contributed by atoms with Crippen LogP contribution < -0.4 is 4.74 Å². The Hall–Kier alpha value is -1.72. The molecule has 0 fully saturated rings. The molecule has 2 rings (SSSR count). The van der Waals surface area contributed by atoms with Gasteiger partial charge in [0.15, 0.2) is 0 Å². The molecule has 2 aromatic rings. The zero-order valence-electron chi connectivity index (χ0n) is 14.5. The van der Waals surface area contributed by atoms with E-state index < -0.39 is 6.10 Å². The Bertz CT molecular complexity index is 676. The van der Waals surface area contributed by atoms with E-state index in [-0.39, 0.29) is 20.4 Å². The van der Waals surface area contributed by atoms with Gasteiger partial charge in [0.05, 0.1) is 0 Å². The second kappa shape index (κ2) is 8.94. The monoisotopic (exact) mass is 388 g/mol. The average Bonchev–Trinajstić information content (AvgIpc) is 2.57. The first-order chi connectivity index (χ1) is 11.4. The number of para-hydroxylation sites is 1. The molecule has 0 radical (unpaired) electrons. The van der Waals surface area contributed by atoms with Crippen LogP contribution in [0.5, 0.6) is 5.75 Å². The molecule has 0 aliphatic carbocycles. The van der Waals surface area contributed by atoms with Crippen LogP contribution in [0.4, 0.5) is 0 Å². The van der Waals surface area contributed by atoms with Crippen LogP contribution in [0.2, 0.25) is 5.32 Å². The summed E-state index contributed by atoms with van der Waals surface area (Å²) in [5, 5.41) is 10.6. The Labute approximate surface area is 151 Å². The minimum absolute atomic E-state index is 0.0855. The van der Waals surface area contributed by atoms with Gasteiger partial charge in [0.25, 0.3) is 0 Å². The van der Waals surface area contributed by atoms with Gasteiger partial charge in [-0.05, 0) is 0 Å². The number of aliphatic hydroxyl groups excluding tert-OH is 1. The first-order valence-electron chi connectivity index (χ1n) is 8.04. The van der Waals surface area contributed by atoms with Crippen molar-refractivity contribution >= 4 is 15.0 Å². The number of ether oxygens (including phenoxy) is 1. The van der Waals surface area contributed by atoms with Crippen molar-refractivity contribution in [1.82, 2.24) is 0 Å². The van der Waals surface area contributed by atoms with Crippen LogP contribution in [0.15, 0.2) is 54.6 Å². The van der Waals surface area contributed by atoms with E-state index in [4.69, 9.17) is 4.74 Å². The second-order valence-corrected chi connectivity index (χ2v) is 8.38. The van der Waals surface area contributed by atoms with Crippen molar-refractivity contribution in [2.45, 2.75) is 37.6 Å². The summed E-state index contributed by atoms with van der Waals surface area (Å²) in [6.07, 6.45) is -0.470. The predicted octanol–water partition coefficient (Wildman–Crippen LogP) is 3.86. The van der Waals surface area contributed by atoms with Gasteiger partial charge in [-0.1, -0.05) is 0 Å². The fourth-order valence-electron chi connectivity index (χ4n) is 2.04. The average molecular weight is 387 g/mol. The predicted molar refractivity (Wildman–Crippen MR) is 101 cm³/mol. The summed E-state index contributed by atoms with van der Waals surface area (Å²) in [5.74, 6) is 3.96. The third-order valence-corrected chi connectivity index (χ3v) is 5.15. The maximum atomic E-state index is 9.96. The normalized spacial score (nSPS) is 12.2. The summed E-state index contributed by atoms with van der Waals surface area (Å²) in [6.45, 7) is 6.93. The Balaban J connectivity index is 1.75. The summed E-state index contributed by atoms with van der Waals surface area (Å²) in [4.78, 5) is 3.19. The van der Waals surface area contributed by atoms with Crippen LogP contribution in [0.3, 0.4) is 0 Å². The molecule has 1 unspecified atom stereocenters. The molecule has 24 heavy (non-hydrogen) atoms. The van der Waals surface area contributed by atoms with E-state index in [0.717, 1.165) is 11.3 Å². The van der Waals surface area contributed by atoms with Crippen molar-refractivity contribution in [3.63, 3.8) is 0 Å². The van der Waals surface area contributed by atoms with Gasteiger partial charge in [-0.2, -0.15) is 0 Å². The number of benzene rings is 2. The molecule has 0 bridgehead atoms. The summed E-state index contributed by atoms with van der Waals surface area (Å²) < 4.78 is 5.54.